The molecule has 2 heteroatoms. The summed E-state index contributed by atoms with van der Waals surface area (Å²) in [5, 5.41) is 3.17. The molecule has 0 aliphatic heterocycles. The number of hydrogen-bond donors (Lipinski definition) is 1. The van der Waals surface area contributed by atoms with Crippen molar-refractivity contribution in [3.05, 3.63) is 24.0 Å². The number of hydrogen-bond acceptors (Lipinski definition) is 2. The largest absolute Gasteiger partial charge is 0.387 e. The van der Waals surface area contributed by atoms with Crippen LogP contribution in [0.25, 0.3) is 0 Å². The van der Waals surface area contributed by atoms with Crippen molar-refractivity contribution in [2.75, 3.05) is 12.4 Å². The first-order valence-corrected chi connectivity index (χ1v) is 4.79. The van der Waals surface area contributed by atoms with Crippen LogP contribution in [-0.2, 0) is 0 Å². The van der Waals surface area contributed by atoms with Gasteiger partial charge in [-0.2, -0.15) is 0 Å². The molecule has 13 heavy (non-hydrogen) atoms. The van der Waals surface area contributed by atoms with Crippen molar-refractivity contribution in [2.24, 2.45) is 5.92 Å². The topological polar surface area (TPSA) is 24.9 Å². The average molecular weight is 178 g/mol. The fraction of sp³-hybridized carbons (Fsp3) is 0.545. The summed E-state index contributed by atoms with van der Waals surface area (Å²) in [6.45, 7) is 6.66. The molecule has 72 valence electrons. The van der Waals surface area contributed by atoms with Gasteiger partial charge in [0, 0.05) is 19.2 Å². The highest BCUT2D eigenvalue weighted by Crippen LogP contribution is 2.27. The van der Waals surface area contributed by atoms with Gasteiger partial charge in [-0.3, -0.25) is 4.98 Å². The lowest BCUT2D eigenvalue weighted by molar-refractivity contribution is 0.525. The number of aromatic nitrogens is 1. The Morgan fingerprint density at radius 2 is 2.00 bits per heavy atom. The number of nitrogens with one attached hydrogen (secondary N) is 1. The minimum absolute atomic E-state index is 0.503. The van der Waals surface area contributed by atoms with Gasteiger partial charge in [0.15, 0.2) is 0 Å². The normalized spacial score (nSPS) is 13.0. The Hall–Kier alpha value is -1.05. The Balaban J connectivity index is 2.98. The first-order chi connectivity index (χ1) is 6.16. The Labute approximate surface area is 80.4 Å². The zero-order valence-electron chi connectivity index (χ0n) is 8.83. The molecular formula is C11H18N2. The van der Waals surface area contributed by atoms with Gasteiger partial charge in [0.25, 0.3) is 0 Å². The second-order valence-corrected chi connectivity index (χ2v) is 3.72. The second kappa shape index (κ2) is 4.26. The van der Waals surface area contributed by atoms with Gasteiger partial charge in [0.2, 0.25) is 0 Å². The van der Waals surface area contributed by atoms with E-state index in [4.69, 9.17) is 0 Å². The molecule has 2 nitrogen and oxygen atoms in total. The standard InChI is InChI=1S/C11H18N2/c1-8(2)9(3)11-10(12-4)6-5-7-13-11/h5-9,12H,1-4H3. The van der Waals surface area contributed by atoms with E-state index in [1.807, 2.05) is 19.3 Å². The summed E-state index contributed by atoms with van der Waals surface area (Å²) < 4.78 is 0. The molecule has 0 radical (unpaired) electrons. The maximum absolute atomic E-state index is 4.41. The summed E-state index contributed by atoms with van der Waals surface area (Å²) in [7, 11) is 1.94. The summed E-state index contributed by atoms with van der Waals surface area (Å²) in [4.78, 5) is 4.41. The Kier molecular flexibility index (Phi) is 3.29. The summed E-state index contributed by atoms with van der Waals surface area (Å²) in [5.41, 5.74) is 2.31. The van der Waals surface area contributed by atoms with Gasteiger partial charge in [0.1, 0.15) is 0 Å². The van der Waals surface area contributed by atoms with Crippen molar-refractivity contribution in [3.63, 3.8) is 0 Å². The van der Waals surface area contributed by atoms with E-state index in [1.165, 1.54) is 5.69 Å². The molecule has 0 aromatic carbocycles. The smallest absolute Gasteiger partial charge is 0.0665 e. The number of rotatable bonds is 3. The van der Waals surface area contributed by atoms with E-state index in [1.54, 1.807) is 0 Å². The van der Waals surface area contributed by atoms with Crippen molar-refractivity contribution >= 4 is 5.69 Å². The van der Waals surface area contributed by atoms with E-state index < -0.39 is 0 Å². The molecule has 1 unspecified atom stereocenters. The quantitative estimate of drug-likeness (QED) is 0.769. The SMILES string of the molecule is CNc1cccnc1C(C)C(C)C. The third kappa shape index (κ3) is 2.20. The zero-order valence-corrected chi connectivity index (χ0v) is 8.83. The molecule has 0 fully saturated rings. The predicted octanol–water partition coefficient (Wildman–Crippen LogP) is 2.88. The molecule has 0 bridgehead atoms. The third-order valence-electron chi connectivity index (χ3n) is 2.54. The zero-order chi connectivity index (χ0) is 9.84. The Morgan fingerprint density at radius 1 is 1.31 bits per heavy atom. The predicted molar refractivity (Wildman–Crippen MR) is 57.0 cm³/mol. The average Bonchev–Trinajstić information content (AvgIpc) is 2.16. The van der Waals surface area contributed by atoms with E-state index in [-0.39, 0.29) is 0 Å². The van der Waals surface area contributed by atoms with Gasteiger partial charge in [-0.05, 0) is 18.1 Å². The number of nitrogens with zero attached hydrogens (tertiary/aromatic N) is 1. The van der Waals surface area contributed by atoms with Crippen molar-refractivity contribution in [2.45, 2.75) is 26.7 Å². The maximum atomic E-state index is 4.41. The van der Waals surface area contributed by atoms with Crippen LogP contribution in [0.5, 0.6) is 0 Å². The highest BCUT2D eigenvalue weighted by atomic mass is 14.9. The molecule has 1 aromatic heterocycles. The summed E-state index contributed by atoms with van der Waals surface area (Å²) in [6, 6.07) is 4.03. The fourth-order valence-electron chi connectivity index (χ4n) is 1.31. The minimum atomic E-state index is 0.503. The molecule has 0 spiro atoms. The van der Waals surface area contributed by atoms with E-state index in [0.29, 0.717) is 11.8 Å². The summed E-state index contributed by atoms with van der Waals surface area (Å²) >= 11 is 0. The number of anilines is 1. The van der Waals surface area contributed by atoms with Gasteiger partial charge in [0.05, 0.1) is 11.4 Å². The first-order valence-electron chi connectivity index (χ1n) is 4.79. The molecular weight excluding hydrogens is 160 g/mol. The van der Waals surface area contributed by atoms with Crippen molar-refractivity contribution in [3.8, 4) is 0 Å². The molecule has 1 aromatic rings. The first kappa shape index (κ1) is 10.0. The lowest BCUT2D eigenvalue weighted by atomic mass is 9.93. The fourth-order valence-corrected chi connectivity index (χ4v) is 1.31. The maximum Gasteiger partial charge on any atom is 0.0665 e. The Morgan fingerprint density at radius 3 is 2.54 bits per heavy atom. The minimum Gasteiger partial charge on any atom is -0.387 e. The van der Waals surface area contributed by atoms with Gasteiger partial charge < -0.3 is 5.32 Å². The van der Waals surface area contributed by atoms with Crippen LogP contribution in [0.4, 0.5) is 5.69 Å². The highest BCUT2D eigenvalue weighted by molar-refractivity contribution is 5.48. The molecule has 1 N–H and O–H groups in total. The van der Waals surface area contributed by atoms with E-state index in [9.17, 15) is 0 Å². The summed E-state index contributed by atoms with van der Waals surface area (Å²) in [6.07, 6.45) is 1.86. The Bertz CT molecular complexity index is 269. The molecule has 0 saturated heterocycles. The summed E-state index contributed by atoms with van der Waals surface area (Å²) in [5.74, 6) is 1.13. The van der Waals surface area contributed by atoms with Gasteiger partial charge in [-0.25, -0.2) is 0 Å². The van der Waals surface area contributed by atoms with Gasteiger partial charge in [-0.15, -0.1) is 0 Å². The molecule has 0 aliphatic carbocycles. The lowest BCUT2D eigenvalue weighted by Crippen LogP contribution is -2.07. The van der Waals surface area contributed by atoms with Crippen molar-refractivity contribution in [1.29, 1.82) is 0 Å². The number of pyridine rings is 1. The van der Waals surface area contributed by atoms with Crippen LogP contribution in [0.3, 0.4) is 0 Å². The van der Waals surface area contributed by atoms with Crippen LogP contribution in [0.1, 0.15) is 32.4 Å². The molecule has 1 rings (SSSR count). The van der Waals surface area contributed by atoms with Crippen LogP contribution < -0.4 is 5.32 Å². The second-order valence-electron chi connectivity index (χ2n) is 3.72. The molecule has 0 saturated carbocycles. The highest BCUT2D eigenvalue weighted by Gasteiger charge is 2.14. The van der Waals surface area contributed by atoms with Crippen LogP contribution in [0.2, 0.25) is 0 Å². The van der Waals surface area contributed by atoms with Crippen LogP contribution in [-0.4, -0.2) is 12.0 Å². The molecule has 1 atom stereocenters. The van der Waals surface area contributed by atoms with Crippen molar-refractivity contribution in [1.82, 2.24) is 4.98 Å². The van der Waals surface area contributed by atoms with E-state index in [0.717, 1.165) is 5.69 Å². The molecule has 1 heterocycles. The third-order valence-corrected chi connectivity index (χ3v) is 2.54. The molecule has 0 amide bonds. The van der Waals surface area contributed by atoms with Crippen LogP contribution in [0.15, 0.2) is 18.3 Å². The molecule has 0 aliphatic rings. The van der Waals surface area contributed by atoms with Crippen molar-refractivity contribution < 1.29 is 0 Å². The van der Waals surface area contributed by atoms with Gasteiger partial charge in [-0.1, -0.05) is 20.8 Å². The lowest BCUT2D eigenvalue weighted by Gasteiger charge is -2.17. The van der Waals surface area contributed by atoms with E-state index in [2.05, 4.69) is 37.1 Å². The van der Waals surface area contributed by atoms with Gasteiger partial charge >= 0.3 is 0 Å². The van der Waals surface area contributed by atoms with E-state index >= 15 is 0 Å². The van der Waals surface area contributed by atoms with Crippen LogP contribution >= 0.6 is 0 Å². The monoisotopic (exact) mass is 178 g/mol. The van der Waals surface area contributed by atoms with Crippen LogP contribution in [0, 0.1) is 5.92 Å².